The monoisotopic (exact) mass is 318 g/mol. The second kappa shape index (κ2) is 6.15. The maximum atomic E-state index is 12.3. The number of nitrogens with zero attached hydrogens (tertiary/aromatic N) is 1. The van der Waals surface area contributed by atoms with Crippen molar-refractivity contribution in [2.45, 2.75) is 5.37 Å². The van der Waals surface area contributed by atoms with Gasteiger partial charge in [-0.2, -0.15) is 0 Å². The molecular formula is C15H14N2O4S. The molecule has 22 heavy (non-hydrogen) atoms. The van der Waals surface area contributed by atoms with Crippen molar-refractivity contribution in [1.29, 1.82) is 0 Å². The Bertz CT molecular complexity index is 669. The zero-order chi connectivity index (χ0) is 15.5. The van der Waals surface area contributed by atoms with Gasteiger partial charge >= 0.3 is 0 Å². The lowest BCUT2D eigenvalue weighted by molar-refractivity contribution is -0.130. The van der Waals surface area contributed by atoms with E-state index in [2.05, 4.69) is 5.43 Å². The van der Waals surface area contributed by atoms with Crippen molar-refractivity contribution in [3.05, 3.63) is 54.0 Å². The summed E-state index contributed by atoms with van der Waals surface area (Å²) in [5, 5.41) is 0.973. The van der Waals surface area contributed by atoms with E-state index in [-0.39, 0.29) is 17.2 Å². The van der Waals surface area contributed by atoms with Gasteiger partial charge in [0.05, 0.1) is 19.1 Å². The molecular weight excluding hydrogens is 304 g/mol. The fraction of sp³-hybridized carbons (Fsp3) is 0.200. The van der Waals surface area contributed by atoms with Gasteiger partial charge in [0.15, 0.2) is 5.37 Å². The van der Waals surface area contributed by atoms with Crippen molar-refractivity contribution < 1.29 is 18.7 Å². The topological polar surface area (TPSA) is 71.8 Å². The molecule has 1 saturated heterocycles. The van der Waals surface area contributed by atoms with E-state index >= 15 is 0 Å². The van der Waals surface area contributed by atoms with Crippen molar-refractivity contribution in [3.63, 3.8) is 0 Å². The molecule has 1 aromatic carbocycles. The molecule has 1 aromatic heterocycles. The fourth-order valence-corrected chi connectivity index (χ4v) is 3.16. The lowest BCUT2D eigenvalue weighted by Gasteiger charge is -2.22. The Hall–Kier alpha value is -2.41. The minimum Gasteiger partial charge on any atom is -0.497 e. The van der Waals surface area contributed by atoms with Gasteiger partial charge in [0.25, 0.3) is 11.8 Å². The average Bonchev–Trinajstić information content (AvgIpc) is 3.18. The van der Waals surface area contributed by atoms with Gasteiger partial charge in [-0.25, -0.2) is 5.01 Å². The van der Waals surface area contributed by atoms with E-state index in [0.717, 1.165) is 0 Å². The maximum Gasteiger partial charge on any atom is 0.269 e. The Balaban J connectivity index is 1.75. The zero-order valence-electron chi connectivity index (χ0n) is 11.8. The van der Waals surface area contributed by atoms with E-state index in [9.17, 15) is 9.59 Å². The molecule has 2 aromatic rings. The zero-order valence-corrected chi connectivity index (χ0v) is 12.6. The van der Waals surface area contributed by atoms with Gasteiger partial charge in [-0.05, 0) is 36.4 Å². The van der Waals surface area contributed by atoms with E-state index in [1.807, 2.05) is 0 Å². The number of amides is 2. The summed E-state index contributed by atoms with van der Waals surface area (Å²) >= 11 is 1.41. The summed E-state index contributed by atoms with van der Waals surface area (Å²) < 4.78 is 10.4. The number of nitrogens with one attached hydrogen (secondary N) is 1. The van der Waals surface area contributed by atoms with Crippen LogP contribution in [0.1, 0.15) is 21.5 Å². The Labute approximate surface area is 131 Å². The summed E-state index contributed by atoms with van der Waals surface area (Å²) in [5.41, 5.74) is 3.09. The van der Waals surface area contributed by atoms with Crippen LogP contribution >= 0.6 is 11.8 Å². The molecule has 6 nitrogen and oxygen atoms in total. The van der Waals surface area contributed by atoms with Gasteiger partial charge in [0.2, 0.25) is 0 Å². The summed E-state index contributed by atoms with van der Waals surface area (Å²) in [6.45, 7) is 0. The average molecular weight is 318 g/mol. The van der Waals surface area contributed by atoms with Crippen LogP contribution in [0, 0.1) is 0 Å². The largest absolute Gasteiger partial charge is 0.497 e. The fourth-order valence-electron chi connectivity index (χ4n) is 2.10. The molecule has 1 aliphatic heterocycles. The van der Waals surface area contributed by atoms with Crippen LogP contribution in [0.15, 0.2) is 47.1 Å². The van der Waals surface area contributed by atoms with Crippen LogP contribution in [0.4, 0.5) is 0 Å². The normalized spacial score (nSPS) is 17.6. The first-order chi connectivity index (χ1) is 10.7. The second-order valence-electron chi connectivity index (χ2n) is 4.61. The summed E-state index contributed by atoms with van der Waals surface area (Å²) in [4.78, 5) is 24.3. The smallest absolute Gasteiger partial charge is 0.269 e. The van der Waals surface area contributed by atoms with Crippen LogP contribution in [0.5, 0.6) is 5.75 Å². The highest BCUT2D eigenvalue weighted by Gasteiger charge is 2.36. The molecule has 2 amide bonds. The van der Waals surface area contributed by atoms with Crippen molar-refractivity contribution in [2.75, 3.05) is 12.9 Å². The van der Waals surface area contributed by atoms with Crippen LogP contribution < -0.4 is 10.2 Å². The van der Waals surface area contributed by atoms with Gasteiger partial charge in [-0.3, -0.25) is 15.0 Å². The van der Waals surface area contributed by atoms with Crippen LogP contribution in [0.3, 0.4) is 0 Å². The predicted octanol–water partition coefficient (Wildman–Crippen LogP) is 2.21. The highest BCUT2D eigenvalue weighted by atomic mass is 32.2. The minimum atomic E-state index is -0.352. The number of ether oxygens (including phenoxy) is 1. The van der Waals surface area contributed by atoms with Crippen LogP contribution in [-0.2, 0) is 4.79 Å². The predicted molar refractivity (Wildman–Crippen MR) is 81.2 cm³/mol. The molecule has 0 radical (unpaired) electrons. The first-order valence-electron chi connectivity index (χ1n) is 6.61. The molecule has 1 fully saturated rings. The van der Waals surface area contributed by atoms with Gasteiger partial charge in [-0.1, -0.05) is 0 Å². The number of hydrazine groups is 1. The van der Waals surface area contributed by atoms with Crippen molar-refractivity contribution >= 4 is 23.6 Å². The van der Waals surface area contributed by atoms with Crippen molar-refractivity contribution in [3.8, 4) is 5.75 Å². The van der Waals surface area contributed by atoms with Gasteiger partial charge < -0.3 is 9.15 Å². The van der Waals surface area contributed by atoms with Crippen LogP contribution in [0.2, 0.25) is 0 Å². The summed E-state index contributed by atoms with van der Waals surface area (Å²) in [6, 6.07) is 10.2. The molecule has 1 atom stereocenters. The number of carbonyl (C=O) groups is 2. The van der Waals surface area contributed by atoms with Crippen molar-refractivity contribution in [1.82, 2.24) is 10.4 Å². The third-order valence-corrected chi connectivity index (χ3v) is 4.40. The molecule has 2 heterocycles. The number of furan rings is 1. The highest BCUT2D eigenvalue weighted by molar-refractivity contribution is 8.00. The number of hydrogen-bond donors (Lipinski definition) is 1. The number of thioether (sulfide) groups is 1. The molecule has 0 spiro atoms. The Morgan fingerprint density at radius 1 is 1.36 bits per heavy atom. The summed E-state index contributed by atoms with van der Waals surface area (Å²) in [5.74, 6) is 1.08. The third kappa shape index (κ3) is 2.80. The summed E-state index contributed by atoms with van der Waals surface area (Å²) in [7, 11) is 1.56. The van der Waals surface area contributed by atoms with Crippen molar-refractivity contribution in [2.24, 2.45) is 0 Å². The van der Waals surface area contributed by atoms with Crippen LogP contribution in [0.25, 0.3) is 0 Å². The van der Waals surface area contributed by atoms with E-state index in [4.69, 9.17) is 9.15 Å². The molecule has 0 aliphatic carbocycles. The molecule has 1 aliphatic rings. The van der Waals surface area contributed by atoms with E-state index in [1.165, 1.54) is 16.8 Å². The lowest BCUT2D eigenvalue weighted by atomic mass is 10.2. The number of methoxy groups -OCH3 is 1. The summed E-state index contributed by atoms with van der Waals surface area (Å²) in [6.07, 6.45) is 1.54. The number of hydrogen-bond acceptors (Lipinski definition) is 5. The maximum absolute atomic E-state index is 12.3. The molecule has 0 saturated carbocycles. The van der Waals surface area contributed by atoms with E-state index in [0.29, 0.717) is 22.8 Å². The lowest BCUT2D eigenvalue weighted by Crippen LogP contribution is -2.44. The SMILES string of the molecule is COc1ccc(C(=O)NN2C(=O)CS[C@@H]2c2ccco2)cc1. The quantitative estimate of drug-likeness (QED) is 0.936. The van der Waals surface area contributed by atoms with Gasteiger partial charge in [0.1, 0.15) is 11.5 Å². The number of benzene rings is 1. The Morgan fingerprint density at radius 2 is 2.14 bits per heavy atom. The number of rotatable bonds is 4. The number of carbonyl (C=O) groups excluding carboxylic acids is 2. The molecule has 114 valence electrons. The van der Waals surface area contributed by atoms with Gasteiger partial charge in [0, 0.05) is 5.56 Å². The third-order valence-electron chi connectivity index (χ3n) is 3.23. The molecule has 0 bridgehead atoms. The van der Waals surface area contributed by atoms with Gasteiger partial charge in [-0.15, -0.1) is 11.8 Å². The van der Waals surface area contributed by atoms with E-state index < -0.39 is 0 Å². The highest BCUT2D eigenvalue weighted by Crippen LogP contribution is 2.37. The second-order valence-corrected chi connectivity index (χ2v) is 5.68. The Kier molecular flexibility index (Phi) is 4.06. The van der Waals surface area contributed by atoms with E-state index in [1.54, 1.807) is 49.8 Å². The molecule has 1 N–H and O–H groups in total. The van der Waals surface area contributed by atoms with Crippen LogP contribution in [-0.4, -0.2) is 29.7 Å². The first-order valence-corrected chi connectivity index (χ1v) is 7.66. The molecule has 0 unspecified atom stereocenters. The standard InChI is InChI=1S/C15H14N2O4S/c1-20-11-6-4-10(5-7-11)14(19)16-17-13(18)9-22-15(17)12-3-2-8-21-12/h2-8,15H,9H2,1H3,(H,16,19)/t15-/m1/s1. The molecule has 7 heteroatoms. The Morgan fingerprint density at radius 3 is 2.77 bits per heavy atom. The first kappa shape index (κ1) is 14.5. The molecule has 3 rings (SSSR count). The minimum absolute atomic E-state index is 0.159.